The number of carboxylic acids is 1. The number of aromatic carboxylic acids is 1. The lowest BCUT2D eigenvalue weighted by molar-refractivity contribution is 0.0701. The van der Waals surface area contributed by atoms with E-state index in [1.807, 2.05) is 6.07 Å². The molecule has 7 heteroatoms. The van der Waals surface area contributed by atoms with Crippen LogP contribution in [0.25, 0.3) is 16.3 Å². The Morgan fingerprint density at radius 2 is 2.33 bits per heavy atom. The van der Waals surface area contributed by atoms with E-state index in [-0.39, 0.29) is 4.88 Å². The molecule has 0 unspecified atom stereocenters. The predicted octanol–water partition coefficient (Wildman–Crippen LogP) is 1.86. The quantitative estimate of drug-likeness (QED) is 0.760. The summed E-state index contributed by atoms with van der Waals surface area (Å²) < 4.78 is 1.55. The molecule has 0 aliphatic carbocycles. The number of aryl methyl sites for hydroxylation is 1. The summed E-state index contributed by atoms with van der Waals surface area (Å²) in [6, 6.07) is 3.67. The number of fused-ring (bicyclic) bond motifs is 1. The van der Waals surface area contributed by atoms with E-state index in [1.165, 1.54) is 0 Å². The molecule has 3 aromatic rings. The van der Waals surface area contributed by atoms with Crippen molar-refractivity contribution >= 4 is 22.3 Å². The van der Waals surface area contributed by atoms with Gasteiger partial charge in [-0.25, -0.2) is 9.31 Å². The van der Waals surface area contributed by atoms with Gasteiger partial charge in [0.15, 0.2) is 5.82 Å². The number of carbonyl (C=O) groups is 1. The van der Waals surface area contributed by atoms with Crippen LogP contribution in [0.5, 0.6) is 0 Å². The molecule has 18 heavy (non-hydrogen) atoms. The summed E-state index contributed by atoms with van der Waals surface area (Å²) in [6.45, 7) is 1.72. The molecule has 3 heterocycles. The SMILES string of the molecule is Cc1c(C(=O)O)sc2nc(-c3cccnc3)nn12. The zero-order valence-corrected chi connectivity index (χ0v) is 10.2. The average Bonchev–Trinajstić information content (AvgIpc) is 2.91. The third-order valence-electron chi connectivity index (χ3n) is 2.53. The van der Waals surface area contributed by atoms with Crippen molar-refractivity contribution in [3.8, 4) is 11.4 Å². The van der Waals surface area contributed by atoms with E-state index in [0.717, 1.165) is 16.9 Å². The fraction of sp³-hybridized carbons (Fsp3) is 0.0909. The Balaban J connectivity index is 2.17. The van der Waals surface area contributed by atoms with Crippen LogP contribution in [0.3, 0.4) is 0 Å². The van der Waals surface area contributed by atoms with Crippen LogP contribution in [0.4, 0.5) is 0 Å². The Bertz CT molecular complexity index is 732. The highest BCUT2D eigenvalue weighted by atomic mass is 32.1. The first-order valence-corrected chi connectivity index (χ1v) is 5.98. The van der Waals surface area contributed by atoms with Crippen LogP contribution in [0, 0.1) is 6.92 Å². The van der Waals surface area contributed by atoms with Gasteiger partial charge in [0.05, 0.1) is 5.69 Å². The second-order valence-electron chi connectivity index (χ2n) is 3.69. The normalized spacial score (nSPS) is 10.9. The predicted molar refractivity (Wildman–Crippen MR) is 65.8 cm³/mol. The number of thiazole rings is 1. The van der Waals surface area contributed by atoms with Crippen molar-refractivity contribution in [3.63, 3.8) is 0 Å². The number of hydrogen-bond donors (Lipinski definition) is 1. The van der Waals surface area contributed by atoms with Gasteiger partial charge in [-0.3, -0.25) is 4.98 Å². The molecule has 3 aromatic heterocycles. The molecule has 0 aliphatic heterocycles. The van der Waals surface area contributed by atoms with Crippen LogP contribution in [-0.2, 0) is 0 Å². The van der Waals surface area contributed by atoms with Gasteiger partial charge in [-0.2, -0.15) is 4.98 Å². The molecule has 0 bridgehead atoms. The standard InChI is InChI=1S/C11H8N4O2S/c1-6-8(10(16)17)18-11-13-9(14-15(6)11)7-3-2-4-12-5-7/h2-5H,1H3,(H,16,17). The Kier molecular flexibility index (Phi) is 2.34. The molecular formula is C11H8N4O2S. The fourth-order valence-electron chi connectivity index (χ4n) is 1.66. The molecule has 90 valence electrons. The van der Waals surface area contributed by atoms with Crippen molar-refractivity contribution in [1.82, 2.24) is 19.6 Å². The van der Waals surface area contributed by atoms with Gasteiger partial charge >= 0.3 is 5.97 Å². The van der Waals surface area contributed by atoms with Crippen LogP contribution >= 0.6 is 11.3 Å². The number of pyridine rings is 1. The highest BCUT2D eigenvalue weighted by Crippen LogP contribution is 2.24. The van der Waals surface area contributed by atoms with Crippen molar-refractivity contribution in [2.45, 2.75) is 6.92 Å². The first-order chi connectivity index (χ1) is 8.66. The smallest absolute Gasteiger partial charge is 0.347 e. The zero-order chi connectivity index (χ0) is 12.7. The summed E-state index contributed by atoms with van der Waals surface area (Å²) in [4.78, 5) is 20.1. The molecule has 3 rings (SSSR count). The van der Waals surface area contributed by atoms with Crippen molar-refractivity contribution in [2.24, 2.45) is 0 Å². The van der Waals surface area contributed by atoms with E-state index in [9.17, 15) is 4.79 Å². The largest absolute Gasteiger partial charge is 0.477 e. The molecule has 0 saturated heterocycles. The number of hydrogen-bond acceptors (Lipinski definition) is 5. The van der Waals surface area contributed by atoms with E-state index >= 15 is 0 Å². The van der Waals surface area contributed by atoms with E-state index in [2.05, 4.69) is 15.1 Å². The lowest BCUT2D eigenvalue weighted by Gasteiger charge is -1.93. The molecule has 6 nitrogen and oxygen atoms in total. The fourth-order valence-corrected chi connectivity index (χ4v) is 2.56. The molecule has 0 spiro atoms. The topological polar surface area (TPSA) is 80.4 Å². The zero-order valence-electron chi connectivity index (χ0n) is 9.36. The molecule has 0 fully saturated rings. The monoisotopic (exact) mass is 260 g/mol. The van der Waals surface area contributed by atoms with Gasteiger partial charge in [0.1, 0.15) is 4.88 Å². The molecule has 0 aliphatic rings. The first-order valence-electron chi connectivity index (χ1n) is 5.16. The van der Waals surface area contributed by atoms with Crippen LogP contribution in [0.2, 0.25) is 0 Å². The second-order valence-corrected chi connectivity index (χ2v) is 4.67. The van der Waals surface area contributed by atoms with Crippen molar-refractivity contribution in [2.75, 3.05) is 0 Å². The summed E-state index contributed by atoms with van der Waals surface area (Å²) in [7, 11) is 0. The van der Waals surface area contributed by atoms with Gasteiger partial charge in [-0.1, -0.05) is 11.3 Å². The van der Waals surface area contributed by atoms with Crippen LogP contribution in [-0.4, -0.2) is 30.7 Å². The van der Waals surface area contributed by atoms with E-state index in [0.29, 0.717) is 16.5 Å². The first kappa shape index (κ1) is 10.8. The Morgan fingerprint density at radius 1 is 1.50 bits per heavy atom. The number of nitrogens with zero attached hydrogens (tertiary/aromatic N) is 4. The summed E-state index contributed by atoms with van der Waals surface area (Å²) in [6.07, 6.45) is 3.35. The minimum Gasteiger partial charge on any atom is -0.477 e. The molecule has 0 saturated carbocycles. The lowest BCUT2D eigenvalue weighted by atomic mass is 10.3. The van der Waals surface area contributed by atoms with Crippen molar-refractivity contribution in [3.05, 3.63) is 35.1 Å². The van der Waals surface area contributed by atoms with Gasteiger partial charge < -0.3 is 5.11 Å². The maximum atomic E-state index is 11.0. The van der Waals surface area contributed by atoms with Crippen LogP contribution < -0.4 is 0 Å². The van der Waals surface area contributed by atoms with Crippen molar-refractivity contribution in [1.29, 1.82) is 0 Å². The Labute approximate surface area is 106 Å². The Morgan fingerprint density at radius 3 is 2.94 bits per heavy atom. The minimum absolute atomic E-state index is 0.266. The van der Waals surface area contributed by atoms with Gasteiger partial charge in [0.2, 0.25) is 4.96 Å². The average molecular weight is 260 g/mol. The summed E-state index contributed by atoms with van der Waals surface area (Å²) in [5.41, 5.74) is 1.40. The van der Waals surface area contributed by atoms with E-state index < -0.39 is 5.97 Å². The number of carboxylic acid groups (broad SMARTS) is 1. The number of aromatic nitrogens is 4. The van der Waals surface area contributed by atoms with Crippen LogP contribution in [0.1, 0.15) is 15.4 Å². The minimum atomic E-state index is -0.951. The van der Waals surface area contributed by atoms with Gasteiger partial charge in [0.25, 0.3) is 0 Å². The maximum absolute atomic E-state index is 11.0. The summed E-state index contributed by atoms with van der Waals surface area (Å²) >= 11 is 1.12. The third kappa shape index (κ3) is 1.56. The van der Waals surface area contributed by atoms with Crippen LogP contribution in [0.15, 0.2) is 24.5 Å². The Hall–Kier alpha value is -2.28. The summed E-state index contributed by atoms with van der Waals surface area (Å²) in [5, 5.41) is 13.3. The molecular weight excluding hydrogens is 252 g/mol. The van der Waals surface area contributed by atoms with Gasteiger partial charge in [-0.15, -0.1) is 5.10 Å². The van der Waals surface area contributed by atoms with E-state index in [1.54, 1.807) is 29.9 Å². The lowest BCUT2D eigenvalue weighted by Crippen LogP contribution is -1.98. The molecule has 0 atom stereocenters. The van der Waals surface area contributed by atoms with Crippen molar-refractivity contribution < 1.29 is 9.90 Å². The maximum Gasteiger partial charge on any atom is 0.347 e. The highest BCUT2D eigenvalue weighted by molar-refractivity contribution is 7.18. The van der Waals surface area contributed by atoms with Gasteiger partial charge in [0, 0.05) is 18.0 Å². The molecule has 0 amide bonds. The molecule has 0 aromatic carbocycles. The van der Waals surface area contributed by atoms with Gasteiger partial charge in [-0.05, 0) is 19.1 Å². The van der Waals surface area contributed by atoms with E-state index in [4.69, 9.17) is 5.11 Å². The molecule has 1 N–H and O–H groups in total. The summed E-state index contributed by atoms with van der Waals surface area (Å²) in [5.74, 6) is -0.401. The second kappa shape index (κ2) is 3.88. The third-order valence-corrected chi connectivity index (χ3v) is 3.65. The molecule has 0 radical (unpaired) electrons. The highest BCUT2D eigenvalue weighted by Gasteiger charge is 2.18. The number of rotatable bonds is 2.